The Hall–Kier alpha value is -1.56. The Morgan fingerprint density at radius 2 is 2.14 bits per heavy atom. The maximum atomic E-state index is 11.5. The summed E-state index contributed by atoms with van der Waals surface area (Å²) in [4.78, 5) is 22.1. The number of hydrogen-bond donors (Lipinski definition) is 3. The van der Waals surface area contributed by atoms with Crippen LogP contribution in [0.15, 0.2) is 12.2 Å². The standard InChI is InChI=1S/C15H24N2O4/c16-13(14(18)19)3-1-2-6-17-15(20)21-9-12-8-10-4-5-11(12)7-10/h4-5,10-13H,1-3,6-9,16H2,(H,17,20)(H,18,19). The zero-order valence-electron chi connectivity index (χ0n) is 12.2. The number of unbranched alkanes of at least 4 members (excludes halogenated alkanes) is 1. The van der Waals surface area contributed by atoms with Gasteiger partial charge in [0.25, 0.3) is 0 Å². The van der Waals surface area contributed by atoms with Gasteiger partial charge < -0.3 is 20.9 Å². The summed E-state index contributed by atoms with van der Waals surface area (Å²) in [6.07, 6.45) is 8.25. The number of aliphatic carboxylic acids is 1. The molecule has 21 heavy (non-hydrogen) atoms. The minimum absolute atomic E-state index is 0.385. The van der Waals surface area contributed by atoms with E-state index < -0.39 is 12.0 Å². The summed E-state index contributed by atoms with van der Waals surface area (Å²) in [5.74, 6) is 0.756. The summed E-state index contributed by atoms with van der Waals surface area (Å²) in [7, 11) is 0. The highest BCUT2D eigenvalue weighted by atomic mass is 16.5. The van der Waals surface area contributed by atoms with Crippen LogP contribution in [0.3, 0.4) is 0 Å². The number of nitrogens with two attached hydrogens (primary N) is 1. The van der Waals surface area contributed by atoms with Gasteiger partial charge in [-0.25, -0.2) is 4.79 Å². The third-order valence-corrected chi connectivity index (χ3v) is 4.37. The number of carbonyl (C=O) groups is 2. The lowest BCUT2D eigenvalue weighted by molar-refractivity contribution is -0.138. The van der Waals surface area contributed by atoms with Gasteiger partial charge in [-0.1, -0.05) is 12.2 Å². The number of alkyl carbamates (subject to hydrolysis) is 1. The smallest absolute Gasteiger partial charge is 0.407 e. The lowest BCUT2D eigenvalue weighted by Crippen LogP contribution is -2.31. The van der Waals surface area contributed by atoms with Crippen LogP contribution >= 0.6 is 0 Å². The molecule has 2 rings (SSSR count). The Balaban J connectivity index is 1.48. The van der Waals surface area contributed by atoms with Crippen LogP contribution in [0.1, 0.15) is 32.1 Å². The number of ether oxygens (including phenoxy) is 1. The number of carboxylic acid groups (broad SMARTS) is 1. The first-order chi connectivity index (χ1) is 10.1. The van der Waals surface area contributed by atoms with Gasteiger partial charge in [0.05, 0.1) is 6.61 Å². The van der Waals surface area contributed by atoms with Crippen molar-refractivity contribution in [3.05, 3.63) is 12.2 Å². The monoisotopic (exact) mass is 296 g/mol. The fraction of sp³-hybridized carbons (Fsp3) is 0.733. The van der Waals surface area contributed by atoms with Crippen molar-refractivity contribution in [2.75, 3.05) is 13.2 Å². The van der Waals surface area contributed by atoms with Crippen LogP contribution in [-0.4, -0.2) is 36.4 Å². The zero-order chi connectivity index (χ0) is 15.2. The minimum Gasteiger partial charge on any atom is -0.480 e. The van der Waals surface area contributed by atoms with Crippen molar-refractivity contribution in [1.82, 2.24) is 5.32 Å². The summed E-state index contributed by atoms with van der Waals surface area (Å²) in [5, 5.41) is 11.3. The first-order valence-corrected chi connectivity index (χ1v) is 7.63. The van der Waals surface area contributed by atoms with Crippen molar-refractivity contribution in [3.8, 4) is 0 Å². The van der Waals surface area contributed by atoms with E-state index in [1.54, 1.807) is 0 Å². The van der Waals surface area contributed by atoms with E-state index in [0.717, 1.165) is 6.42 Å². The van der Waals surface area contributed by atoms with Crippen LogP contribution in [0, 0.1) is 17.8 Å². The van der Waals surface area contributed by atoms with Crippen LogP contribution in [-0.2, 0) is 9.53 Å². The SMILES string of the molecule is NC(CCCCNC(=O)OCC1CC2C=CC1C2)C(=O)O. The Morgan fingerprint density at radius 3 is 2.76 bits per heavy atom. The molecule has 2 aliphatic carbocycles. The molecule has 0 aromatic carbocycles. The fourth-order valence-corrected chi connectivity index (χ4v) is 3.12. The number of carbonyl (C=O) groups excluding carboxylic acids is 1. The summed E-state index contributed by atoms with van der Waals surface area (Å²) in [5.41, 5.74) is 5.39. The first kappa shape index (κ1) is 15.8. The van der Waals surface area contributed by atoms with Crippen molar-refractivity contribution in [2.45, 2.75) is 38.1 Å². The molecule has 0 saturated heterocycles. The topological polar surface area (TPSA) is 102 Å². The third kappa shape index (κ3) is 4.74. The lowest BCUT2D eigenvalue weighted by atomic mass is 9.95. The largest absolute Gasteiger partial charge is 0.480 e. The van der Waals surface area contributed by atoms with E-state index in [1.807, 2.05) is 0 Å². The second-order valence-electron chi connectivity index (χ2n) is 6.01. The first-order valence-electron chi connectivity index (χ1n) is 7.63. The van der Waals surface area contributed by atoms with Crippen molar-refractivity contribution < 1.29 is 19.4 Å². The Labute approximate surface area is 124 Å². The van der Waals surface area contributed by atoms with E-state index in [2.05, 4.69) is 17.5 Å². The minimum atomic E-state index is -0.984. The van der Waals surface area contributed by atoms with Gasteiger partial charge in [-0.05, 0) is 43.9 Å². The Kier molecular flexibility index (Phi) is 5.61. The number of nitrogens with one attached hydrogen (secondary N) is 1. The highest BCUT2D eigenvalue weighted by Crippen LogP contribution is 2.43. The molecule has 1 fully saturated rings. The van der Waals surface area contributed by atoms with Crippen molar-refractivity contribution in [1.29, 1.82) is 0 Å². The van der Waals surface area contributed by atoms with Crippen molar-refractivity contribution >= 4 is 12.1 Å². The van der Waals surface area contributed by atoms with Crippen molar-refractivity contribution in [2.24, 2.45) is 23.5 Å². The second kappa shape index (κ2) is 7.45. The van der Waals surface area contributed by atoms with Crippen LogP contribution in [0.4, 0.5) is 4.79 Å². The molecule has 4 unspecified atom stereocenters. The van der Waals surface area contributed by atoms with E-state index in [9.17, 15) is 9.59 Å². The molecule has 0 aliphatic heterocycles. The average molecular weight is 296 g/mol. The molecule has 1 amide bonds. The molecule has 4 atom stereocenters. The van der Waals surface area contributed by atoms with E-state index in [0.29, 0.717) is 50.2 Å². The Morgan fingerprint density at radius 1 is 1.33 bits per heavy atom. The summed E-state index contributed by atoms with van der Waals surface area (Å²) in [6, 6.07) is -0.817. The van der Waals surface area contributed by atoms with Gasteiger partial charge in [0, 0.05) is 12.5 Å². The van der Waals surface area contributed by atoms with Gasteiger partial charge in [-0.2, -0.15) is 0 Å². The summed E-state index contributed by atoms with van der Waals surface area (Å²) >= 11 is 0. The van der Waals surface area contributed by atoms with Gasteiger partial charge in [0.15, 0.2) is 0 Å². The molecule has 118 valence electrons. The van der Waals surface area contributed by atoms with Gasteiger partial charge in [0.2, 0.25) is 0 Å². The molecule has 0 aromatic rings. The number of rotatable bonds is 8. The van der Waals surface area contributed by atoms with Gasteiger partial charge in [-0.3, -0.25) is 4.79 Å². The molecular formula is C15H24N2O4. The molecular weight excluding hydrogens is 272 g/mol. The maximum Gasteiger partial charge on any atom is 0.407 e. The lowest BCUT2D eigenvalue weighted by Gasteiger charge is -2.17. The molecule has 2 bridgehead atoms. The quantitative estimate of drug-likeness (QED) is 0.465. The summed E-state index contributed by atoms with van der Waals surface area (Å²) < 4.78 is 5.24. The molecule has 2 aliphatic rings. The zero-order valence-corrected chi connectivity index (χ0v) is 12.2. The normalized spacial score (nSPS) is 27.6. The van der Waals surface area contributed by atoms with Crippen LogP contribution in [0.25, 0.3) is 0 Å². The average Bonchev–Trinajstić information content (AvgIpc) is 3.06. The fourth-order valence-electron chi connectivity index (χ4n) is 3.12. The molecule has 4 N–H and O–H groups in total. The van der Waals surface area contributed by atoms with Crippen molar-refractivity contribution in [3.63, 3.8) is 0 Å². The van der Waals surface area contributed by atoms with E-state index in [4.69, 9.17) is 15.6 Å². The molecule has 1 saturated carbocycles. The number of amides is 1. The van der Waals surface area contributed by atoms with E-state index in [-0.39, 0.29) is 6.09 Å². The maximum absolute atomic E-state index is 11.5. The molecule has 6 heteroatoms. The molecule has 0 aromatic heterocycles. The number of hydrogen-bond acceptors (Lipinski definition) is 4. The van der Waals surface area contributed by atoms with E-state index in [1.165, 1.54) is 6.42 Å². The number of carboxylic acids is 1. The van der Waals surface area contributed by atoms with E-state index >= 15 is 0 Å². The highest BCUT2D eigenvalue weighted by molar-refractivity contribution is 5.72. The molecule has 0 spiro atoms. The number of allylic oxidation sites excluding steroid dienone is 2. The molecule has 6 nitrogen and oxygen atoms in total. The Bertz CT molecular complexity index is 410. The number of fused-ring (bicyclic) bond motifs is 2. The predicted octanol–water partition coefficient (Wildman–Crippen LogP) is 1.51. The summed E-state index contributed by atoms with van der Waals surface area (Å²) in [6.45, 7) is 0.975. The highest BCUT2D eigenvalue weighted by Gasteiger charge is 2.36. The predicted molar refractivity (Wildman–Crippen MR) is 77.7 cm³/mol. The molecule has 0 radical (unpaired) electrons. The van der Waals surface area contributed by atoms with Gasteiger partial charge in [0.1, 0.15) is 6.04 Å². The van der Waals surface area contributed by atoms with Crippen LogP contribution in [0.5, 0.6) is 0 Å². The van der Waals surface area contributed by atoms with Gasteiger partial charge >= 0.3 is 12.1 Å². The van der Waals surface area contributed by atoms with Gasteiger partial charge in [-0.15, -0.1) is 0 Å². The van der Waals surface area contributed by atoms with Crippen LogP contribution in [0.2, 0.25) is 0 Å². The van der Waals surface area contributed by atoms with Crippen LogP contribution < -0.4 is 11.1 Å². The molecule has 0 heterocycles. The third-order valence-electron chi connectivity index (χ3n) is 4.37. The second-order valence-corrected chi connectivity index (χ2v) is 6.01.